The molecule has 1 spiro atoms. The molecule has 0 amide bonds. The number of oxime groups is 1. The van der Waals surface area contributed by atoms with E-state index in [1.54, 1.807) is 5.57 Å². The van der Waals surface area contributed by atoms with Crippen molar-refractivity contribution in [2.45, 2.75) is 39.0 Å². The van der Waals surface area contributed by atoms with Crippen molar-refractivity contribution >= 4 is 5.71 Å². The summed E-state index contributed by atoms with van der Waals surface area (Å²) >= 11 is 0. The highest BCUT2D eigenvalue weighted by atomic mass is 16.4. The van der Waals surface area contributed by atoms with Gasteiger partial charge in [-0.3, -0.25) is 4.90 Å². The molecule has 1 heterocycles. The average Bonchev–Trinajstić information content (AvgIpc) is 2.83. The first-order valence-electron chi connectivity index (χ1n) is 10.5. The molecule has 146 valence electrons. The molecule has 0 aromatic carbocycles. The molecule has 2 unspecified atom stereocenters. The first-order chi connectivity index (χ1) is 13.1. The SMILES string of the molecule is CC1C=CC=C2CCCCC23CC=C(/C(CN2CCN(C)CC2)=N/O)C=C13. The van der Waals surface area contributed by atoms with Gasteiger partial charge in [-0.1, -0.05) is 60.0 Å². The maximum atomic E-state index is 9.76. The van der Waals surface area contributed by atoms with E-state index in [9.17, 15) is 5.21 Å². The van der Waals surface area contributed by atoms with E-state index in [0.29, 0.717) is 5.92 Å². The Morgan fingerprint density at radius 2 is 2.07 bits per heavy atom. The maximum Gasteiger partial charge on any atom is 0.100 e. The summed E-state index contributed by atoms with van der Waals surface area (Å²) in [5.74, 6) is 0.434. The van der Waals surface area contributed by atoms with Crippen LogP contribution in [0.5, 0.6) is 0 Å². The second kappa shape index (κ2) is 7.76. The second-order valence-corrected chi connectivity index (χ2v) is 8.74. The van der Waals surface area contributed by atoms with E-state index in [1.165, 1.54) is 31.3 Å². The number of likely N-dealkylation sites (N-methyl/N-ethyl adjacent to an activating group) is 1. The molecule has 4 rings (SSSR count). The highest BCUT2D eigenvalue weighted by molar-refractivity contribution is 6.04. The highest BCUT2D eigenvalue weighted by Crippen LogP contribution is 2.54. The van der Waals surface area contributed by atoms with Crippen LogP contribution < -0.4 is 0 Å². The topological polar surface area (TPSA) is 39.1 Å². The average molecular weight is 368 g/mol. The fourth-order valence-corrected chi connectivity index (χ4v) is 5.32. The van der Waals surface area contributed by atoms with E-state index in [2.05, 4.69) is 59.3 Å². The van der Waals surface area contributed by atoms with Crippen LogP contribution >= 0.6 is 0 Å². The van der Waals surface area contributed by atoms with Crippen LogP contribution in [0.2, 0.25) is 0 Å². The van der Waals surface area contributed by atoms with Crippen LogP contribution in [0, 0.1) is 11.3 Å². The largest absolute Gasteiger partial charge is 0.411 e. The Labute approximate surface area is 163 Å². The number of rotatable bonds is 3. The van der Waals surface area contributed by atoms with Crippen molar-refractivity contribution in [2.24, 2.45) is 16.5 Å². The third-order valence-electron chi connectivity index (χ3n) is 7.06. The van der Waals surface area contributed by atoms with Gasteiger partial charge in [0, 0.05) is 38.1 Å². The molecule has 2 fully saturated rings. The predicted octanol–water partition coefficient (Wildman–Crippen LogP) is 4.01. The van der Waals surface area contributed by atoms with Crippen molar-refractivity contribution in [1.82, 2.24) is 9.80 Å². The van der Waals surface area contributed by atoms with E-state index in [1.807, 2.05) is 0 Å². The maximum absolute atomic E-state index is 9.76. The van der Waals surface area contributed by atoms with Crippen LogP contribution in [0.25, 0.3) is 0 Å². The normalized spacial score (nSPS) is 32.7. The monoisotopic (exact) mass is 367 g/mol. The Morgan fingerprint density at radius 1 is 1.26 bits per heavy atom. The molecule has 0 aromatic heterocycles. The summed E-state index contributed by atoms with van der Waals surface area (Å²) in [6.45, 7) is 7.29. The molecule has 4 nitrogen and oxygen atoms in total. The number of nitrogens with zero attached hydrogens (tertiary/aromatic N) is 3. The summed E-state index contributed by atoms with van der Waals surface area (Å²) in [5.41, 5.74) is 5.29. The zero-order chi connectivity index (χ0) is 18.9. The van der Waals surface area contributed by atoms with Crippen LogP contribution in [0.3, 0.4) is 0 Å². The molecule has 1 N–H and O–H groups in total. The van der Waals surface area contributed by atoms with Gasteiger partial charge in [0.1, 0.15) is 5.71 Å². The van der Waals surface area contributed by atoms with Crippen molar-refractivity contribution in [3.05, 3.63) is 47.1 Å². The first kappa shape index (κ1) is 18.7. The fraction of sp³-hybridized carbons (Fsp3) is 0.609. The summed E-state index contributed by atoms with van der Waals surface area (Å²) in [4.78, 5) is 4.76. The molecule has 27 heavy (non-hydrogen) atoms. The van der Waals surface area contributed by atoms with E-state index in [4.69, 9.17) is 0 Å². The van der Waals surface area contributed by atoms with E-state index < -0.39 is 0 Å². The van der Waals surface area contributed by atoms with Crippen molar-refractivity contribution < 1.29 is 5.21 Å². The number of allylic oxidation sites excluding steroid dienone is 7. The standard InChI is InChI=1S/C23H33N3O/c1-18-6-5-8-20-7-3-4-10-23(20)11-9-19(16-21(18)23)22(24-27)17-26-14-12-25(2)13-15-26/h5-6,8-9,16,18,27H,3-4,7,10-15,17H2,1-2H3/b24-22+. The van der Waals surface area contributed by atoms with Crippen molar-refractivity contribution in [3.63, 3.8) is 0 Å². The molecule has 0 radical (unpaired) electrons. The summed E-state index contributed by atoms with van der Waals surface area (Å²) in [6.07, 6.45) is 17.8. The minimum Gasteiger partial charge on any atom is -0.411 e. The second-order valence-electron chi connectivity index (χ2n) is 8.74. The van der Waals surface area contributed by atoms with Gasteiger partial charge in [0.05, 0.1) is 0 Å². The first-order valence-corrected chi connectivity index (χ1v) is 10.5. The molecule has 4 heteroatoms. The lowest BCUT2D eigenvalue weighted by molar-refractivity contribution is 0.169. The highest BCUT2D eigenvalue weighted by Gasteiger charge is 2.42. The number of hydrogen-bond acceptors (Lipinski definition) is 4. The minimum absolute atomic E-state index is 0.207. The lowest BCUT2D eigenvalue weighted by Gasteiger charge is -2.44. The Hall–Kier alpha value is -1.65. The lowest BCUT2D eigenvalue weighted by atomic mass is 9.59. The van der Waals surface area contributed by atoms with Gasteiger partial charge in [-0.2, -0.15) is 0 Å². The summed E-state index contributed by atoms with van der Waals surface area (Å²) in [7, 11) is 2.17. The Kier molecular flexibility index (Phi) is 5.38. The summed E-state index contributed by atoms with van der Waals surface area (Å²) in [6, 6.07) is 0. The predicted molar refractivity (Wildman–Crippen MR) is 111 cm³/mol. The molecule has 3 aliphatic carbocycles. The number of hydrogen-bond donors (Lipinski definition) is 1. The molecule has 1 aliphatic heterocycles. The summed E-state index contributed by atoms with van der Waals surface area (Å²) in [5, 5.41) is 13.5. The molecular weight excluding hydrogens is 334 g/mol. The van der Waals surface area contributed by atoms with Crippen LogP contribution in [0.1, 0.15) is 39.0 Å². The van der Waals surface area contributed by atoms with Crippen LogP contribution in [-0.2, 0) is 0 Å². The molecule has 0 aromatic rings. The smallest absolute Gasteiger partial charge is 0.100 e. The Bertz CT molecular complexity index is 722. The molecular formula is C23H33N3O. The summed E-state index contributed by atoms with van der Waals surface area (Å²) < 4.78 is 0. The van der Waals surface area contributed by atoms with Crippen LogP contribution in [-0.4, -0.2) is 60.5 Å². The van der Waals surface area contributed by atoms with Crippen molar-refractivity contribution in [1.29, 1.82) is 0 Å². The van der Waals surface area contributed by atoms with Crippen molar-refractivity contribution in [2.75, 3.05) is 39.8 Å². The van der Waals surface area contributed by atoms with Gasteiger partial charge in [0.2, 0.25) is 0 Å². The Morgan fingerprint density at radius 3 is 2.85 bits per heavy atom. The van der Waals surface area contributed by atoms with Gasteiger partial charge >= 0.3 is 0 Å². The van der Waals surface area contributed by atoms with Gasteiger partial charge in [0.15, 0.2) is 0 Å². The molecule has 1 saturated heterocycles. The molecule has 0 bridgehead atoms. The van der Waals surface area contributed by atoms with Gasteiger partial charge in [-0.15, -0.1) is 0 Å². The van der Waals surface area contributed by atoms with E-state index in [-0.39, 0.29) is 5.41 Å². The Balaban J connectivity index is 1.58. The zero-order valence-corrected chi connectivity index (χ0v) is 16.8. The fourth-order valence-electron chi connectivity index (χ4n) is 5.32. The van der Waals surface area contributed by atoms with Gasteiger partial charge in [-0.25, -0.2) is 0 Å². The molecule has 1 saturated carbocycles. The third-order valence-corrected chi connectivity index (χ3v) is 7.06. The van der Waals surface area contributed by atoms with Crippen LogP contribution in [0.15, 0.2) is 52.3 Å². The molecule has 2 atom stereocenters. The lowest BCUT2D eigenvalue weighted by Crippen LogP contribution is -2.46. The third kappa shape index (κ3) is 3.57. The van der Waals surface area contributed by atoms with Crippen molar-refractivity contribution in [3.8, 4) is 0 Å². The number of piperazine rings is 1. The molecule has 4 aliphatic rings. The van der Waals surface area contributed by atoms with E-state index >= 15 is 0 Å². The van der Waals surface area contributed by atoms with E-state index in [0.717, 1.165) is 50.4 Å². The van der Waals surface area contributed by atoms with Gasteiger partial charge < -0.3 is 10.1 Å². The van der Waals surface area contributed by atoms with Crippen LogP contribution in [0.4, 0.5) is 0 Å². The zero-order valence-electron chi connectivity index (χ0n) is 16.8. The van der Waals surface area contributed by atoms with Gasteiger partial charge in [-0.05, 0) is 44.2 Å². The van der Waals surface area contributed by atoms with Gasteiger partial charge in [0.25, 0.3) is 0 Å². The minimum atomic E-state index is 0.207. The quantitative estimate of drug-likeness (QED) is 0.465.